The zero-order chi connectivity index (χ0) is 14.9. The van der Waals surface area contributed by atoms with Gasteiger partial charge in [0.05, 0.1) is 0 Å². The van der Waals surface area contributed by atoms with Gasteiger partial charge in [0.1, 0.15) is 6.04 Å². The average Bonchev–Trinajstić information content (AvgIpc) is 2.79. The molecule has 0 spiro atoms. The molecule has 2 atom stereocenters. The first kappa shape index (κ1) is 15.3. The van der Waals surface area contributed by atoms with E-state index >= 15 is 0 Å². The molecule has 1 aliphatic carbocycles. The van der Waals surface area contributed by atoms with E-state index in [0.717, 1.165) is 6.54 Å². The van der Waals surface area contributed by atoms with Crippen molar-refractivity contribution in [1.82, 2.24) is 10.2 Å². The van der Waals surface area contributed by atoms with E-state index in [1.807, 2.05) is 32.6 Å². The van der Waals surface area contributed by atoms with Gasteiger partial charge in [-0.2, -0.15) is 0 Å². The van der Waals surface area contributed by atoms with E-state index in [2.05, 4.69) is 5.32 Å². The highest BCUT2D eigenvalue weighted by Crippen LogP contribution is 2.29. The lowest BCUT2D eigenvalue weighted by Crippen LogP contribution is -2.53. The molecule has 0 bridgehead atoms. The summed E-state index contributed by atoms with van der Waals surface area (Å²) in [4.78, 5) is 26.8. The highest BCUT2D eigenvalue weighted by atomic mass is 16.2. The van der Waals surface area contributed by atoms with Gasteiger partial charge >= 0.3 is 0 Å². The van der Waals surface area contributed by atoms with Crippen molar-refractivity contribution in [3.05, 3.63) is 0 Å². The standard InChI is InChI=1S/C16H28N2O2/c1-11-9-13(19)17-14(16(2,3)4)15(20)18(11)10-12-7-5-6-8-12/h11-12,14H,5-10H2,1-4H3,(H,17,19). The van der Waals surface area contributed by atoms with Crippen LogP contribution in [0, 0.1) is 11.3 Å². The van der Waals surface area contributed by atoms with Gasteiger partial charge in [-0.25, -0.2) is 0 Å². The molecule has 2 unspecified atom stereocenters. The number of hydrogen-bond acceptors (Lipinski definition) is 2. The van der Waals surface area contributed by atoms with E-state index in [4.69, 9.17) is 0 Å². The van der Waals surface area contributed by atoms with Crippen LogP contribution in [0.2, 0.25) is 0 Å². The van der Waals surface area contributed by atoms with Gasteiger partial charge in [-0.1, -0.05) is 33.6 Å². The molecule has 114 valence electrons. The molecule has 1 aliphatic heterocycles. The Hall–Kier alpha value is -1.06. The van der Waals surface area contributed by atoms with Crippen molar-refractivity contribution in [2.75, 3.05) is 6.54 Å². The molecule has 1 saturated heterocycles. The zero-order valence-electron chi connectivity index (χ0n) is 13.2. The Bertz CT molecular complexity index is 380. The van der Waals surface area contributed by atoms with Crippen LogP contribution in [-0.2, 0) is 9.59 Å². The predicted molar refractivity (Wildman–Crippen MR) is 79.1 cm³/mol. The van der Waals surface area contributed by atoms with Gasteiger partial charge in [-0.15, -0.1) is 0 Å². The van der Waals surface area contributed by atoms with Crippen molar-refractivity contribution >= 4 is 11.8 Å². The number of carbonyl (C=O) groups excluding carboxylic acids is 2. The van der Waals surface area contributed by atoms with E-state index in [1.165, 1.54) is 25.7 Å². The summed E-state index contributed by atoms with van der Waals surface area (Å²) in [5, 5.41) is 2.92. The summed E-state index contributed by atoms with van der Waals surface area (Å²) in [6, 6.07) is -0.392. The maximum Gasteiger partial charge on any atom is 0.245 e. The Kier molecular flexibility index (Phi) is 4.40. The maximum atomic E-state index is 12.8. The van der Waals surface area contributed by atoms with Crippen LogP contribution in [0.5, 0.6) is 0 Å². The van der Waals surface area contributed by atoms with E-state index in [1.54, 1.807) is 0 Å². The van der Waals surface area contributed by atoms with Gasteiger partial charge in [0.15, 0.2) is 0 Å². The van der Waals surface area contributed by atoms with E-state index in [0.29, 0.717) is 12.3 Å². The van der Waals surface area contributed by atoms with Crippen LogP contribution >= 0.6 is 0 Å². The summed E-state index contributed by atoms with van der Waals surface area (Å²) in [6.45, 7) is 8.86. The van der Waals surface area contributed by atoms with Crippen LogP contribution in [0.1, 0.15) is 59.8 Å². The molecule has 2 aliphatic rings. The number of nitrogens with zero attached hydrogens (tertiary/aromatic N) is 1. The van der Waals surface area contributed by atoms with Gasteiger partial charge in [0, 0.05) is 19.0 Å². The lowest BCUT2D eigenvalue weighted by atomic mass is 9.85. The maximum absolute atomic E-state index is 12.8. The molecule has 1 heterocycles. The first-order chi connectivity index (χ1) is 9.29. The zero-order valence-corrected chi connectivity index (χ0v) is 13.2. The third-order valence-electron chi connectivity index (χ3n) is 4.64. The Labute approximate surface area is 122 Å². The first-order valence-corrected chi connectivity index (χ1v) is 7.89. The fourth-order valence-electron chi connectivity index (χ4n) is 3.37. The molecular formula is C16H28N2O2. The van der Waals surface area contributed by atoms with Crippen LogP contribution in [0.15, 0.2) is 0 Å². The van der Waals surface area contributed by atoms with Gasteiger partial charge in [-0.05, 0) is 31.1 Å². The Morgan fingerprint density at radius 2 is 1.80 bits per heavy atom. The molecule has 0 aromatic heterocycles. The second-order valence-corrected chi connectivity index (χ2v) is 7.56. The van der Waals surface area contributed by atoms with Crippen molar-refractivity contribution in [3.63, 3.8) is 0 Å². The summed E-state index contributed by atoms with van der Waals surface area (Å²) in [7, 11) is 0. The van der Waals surface area contributed by atoms with E-state index in [-0.39, 0.29) is 23.3 Å². The summed E-state index contributed by atoms with van der Waals surface area (Å²) < 4.78 is 0. The summed E-state index contributed by atoms with van der Waals surface area (Å²) in [5.41, 5.74) is -0.245. The minimum atomic E-state index is -0.402. The topological polar surface area (TPSA) is 49.4 Å². The monoisotopic (exact) mass is 280 g/mol. The molecule has 0 radical (unpaired) electrons. The number of hydrogen-bond donors (Lipinski definition) is 1. The lowest BCUT2D eigenvalue weighted by Gasteiger charge is -2.35. The quantitative estimate of drug-likeness (QED) is 0.844. The molecular weight excluding hydrogens is 252 g/mol. The Balaban J connectivity index is 2.18. The molecule has 20 heavy (non-hydrogen) atoms. The Morgan fingerprint density at radius 3 is 2.35 bits per heavy atom. The SMILES string of the molecule is CC1CC(=O)NC(C(C)(C)C)C(=O)N1CC1CCCC1. The molecule has 1 N–H and O–H groups in total. The van der Waals surface area contributed by atoms with Gasteiger partial charge in [-0.3, -0.25) is 9.59 Å². The molecule has 0 aromatic rings. The molecule has 2 rings (SSSR count). The number of amides is 2. The van der Waals surface area contributed by atoms with Gasteiger partial charge < -0.3 is 10.2 Å². The van der Waals surface area contributed by atoms with Crippen molar-refractivity contribution in [2.45, 2.75) is 71.9 Å². The fraction of sp³-hybridized carbons (Fsp3) is 0.875. The van der Waals surface area contributed by atoms with Crippen LogP contribution in [0.3, 0.4) is 0 Å². The van der Waals surface area contributed by atoms with Crippen molar-refractivity contribution in [2.24, 2.45) is 11.3 Å². The number of rotatable bonds is 2. The smallest absolute Gasteiger partial charge is 0.245 e. The second kappa shape index (κ2) is 5.74. The second-order valence-electron chi connectivity index (χ2n) is 7.56. The number of nitrogens with one attached hydrogen (secondary N) is 1. The molecule has 4 nitrogen and oxygen atoms in total. The molecule has 1 saturated carbocycles. The van der Waals surface area contributed by atoms with Gasteiger partial charge in [0.2, 0.25) is 11.8 Å². The minimum Gasteiger partial charge on any atom is -0.344 e. The van der Waals surface area contributed by atoms with E-state index in [9.17, 15) is 9.59 Å². The molecule has 2 fully saturated rings. The minimum absolute atomic E-state index is 0.000281. The normalized spacial score (nSPS) is 29.5. The van der Waals surface area contributed by atoms with Crippen LogP contribution in [0.25, 0.3) is 0 Å². The van der Waals surface area contributed by atoms with E-state index < -0.39 is 6.04 Å². The lowest BCUT2D eigenvalue weighted by molar-refractivity contribution is -0.138. The van der Waals surface area contributed by atoms with Crippen molar-refractivity contribution < 1.29 is 9.59 Å². The fourth-order valence-corrected chi connectivity index (χ4v) is 3.37. The van der Waals surface area contributed by atoms with Crippen LogP contribution in [-0.4, -0.2) is 35.3 Å². The molecule has 2 amide bonds. The Morgan fingerprint density at radius 1 is 1.20 bits per heavy atom. The van der Waals surface area contributed by atoms with Crippen LogP contribution in [0.4, 0.5) is 0 Å². The van der Waals surface area contributed by atoms with Gasteiger partial charge in [0.25, 0.3) is 0 Å². The molecule has 4 heteroatoms. The predicted octanol–water partition coefficient (Wildman–Crippen LogP) is 2.33. The summed E-state index contributed by atoms with van der Waals surface area (Å²) in [5.74, 6) is 0.720. The largest absolute Gasteiger partial charge is 0.344 e. The first-order valence-electron chi connectivity index (χ1n) is 7.89. The third kappa shape index (κ3) is 3.33. The third-order valence-corrected chi connectivity index (χ3v) is 4.64. The highest BCUT2D eigenvalue weighted by Gasteiger charge is 2.40. The average molecular weight is 280 g/mol. The van der Waals surface area contributed by atoms with Crippen molar-refractivity contribution in [3.8, 4) is 0 Å². The summed E-state index contributed by atoms with van der Waals surface area (Å²) in [6.07, 6.45) is 5.42. The summed E-state index contributed by atoms with van der Waals surface area (Å²) >= 11 is 0. The highest BCUT2D eigenvalue weighted by molar-refractivity contribution is 5.91. The van der Waals surface area contributed by atoms with Crippen molar-refractivity contribution in [1.29, 1.82) is 0 Å². The number of carbonyl (C=O) groups is 2. The molecule has 0 aromatic carbocycles. The van der Waals surface area contributed by atoms with Crippen LogP contribution < -0.4 is 5.32 Å².